The van der Waals surface area contributed by atoms with Gasteiger partial charge >= 0.3 is 0 Å². The lowest BCUT2D eigenvalue weighted by Gasteiger charge is -2.41. The number of ether oxygens (including phenoxy) is 1. The standard InChI is InChI=1S/C15H19N3O4S/c19-15(5-4-13-3-1-2-6-16-13)17-11-14(12-17)23(20,21)18-7-9-22-10-8-18/h1-6,14H,7-12H2/b5-4+. The Hall–Kier alpha value is -1.77. The molecule has 1 aromatic rings. The van der Waals surface area contributed by atoms with Crippen molar-refractivity contribution in [2.24, 2.45) is 0 Å². The molecule has 3 heterocycles. The van der Waals surface area contributed by atoms with Crippen LogP contribution in [0, 0.1) is 0 Å². The van der Waals surface area contributed by atoms with Gasteiger partial charge in [-0.25, -0.2) is 8.42 Å². The van der Waals surface area contributed by atoms with Crippen molar-refractivity contribution < 1.29 is 17.9 Å². The number of hydrogen-bond acceptors (Lipinski definition) is 5. The second-order valence-electron chi connectivity index (χ2n) is 5.51. The highest BCUT2D eigenvalue weighted by Crippen LogP contribution is 2.21. The molecule has 2 fully saturated rings. The topological polar surface area (TPSA) is 79.8 Å². The minimum atomic E-state index is -3.34. The van der Waals surface area contributed by atoms with Crippen LogP contribution in [0.2, 0.25) is 0 Å². The van der Waals surface area contributed by atoms with Crippen molar-refractivity contribution in [3.63, 3.8) is 0 Å². The molecule has 0 aromatic carbocycles. The van der Waals surface area contributed by atoms with E-state index in [9.17, 15) is 13.2 Å². The van der Waals surface area contributed by atoms with Crippen LogP contribution in [0.3, 0.4) is 0 Å². The molecule has 7 nitrogen and oxygen atoms in total. The smallest absolute Gasteiger partial charge is 0.246 e. The molecular weight excluding hydrogens is 318 g/mol. The summed E-state index contributed by atoms with van der Waals surface area (Å²) in [6.07, 6.45) is 4.71. The van der Waals surface area contributed by atoms with Crippen molar-refractivity contribution >= 4 is 22.0 Å². The fraction of sp³-hybridized carbons (Fsp3) is 0.467. The number of pyridine rings is 1. The minimum Gasteiger partial charge on any atom is -0.379 e. The van der Waals surface area contributed by atoms with Gasteiger partial charge in [0.15, 0.2) is 0 Å². The summed E-state index contributed by atoms with van der Waals surface area (Å²) in [7, 11) is -3.34. The van der Waals surface area contributed by atoms with Gasteiger partial charge in [-0.15, -0.1) is 0 Å². The first-order valence-corrected chi connectivity index (χ1v) is 9.02. The summed E-state index contributed by atoms with van der Waals surface area (Å²) in [6.45, 7) is 2.14. The van der Waals surface area contributed by atoms with Gasteiger partial charge in [0, 0.05) is 38.5 Å². The Morgan fingerprint density at radius 2 is 2.00 bits per heavy atom. The Labute approximate surface area is 135 Å². The second-order valence-corrected chi connectivity index (χ2v) is 7.72. The number of nitrogens with zero attached hydrogens (tertiary/aromatic N) is 3. The van der Waals surface area contributed by atoms with Crippen LogP contribution >= 0.6 is 0 Å². The van der Waals surface area contributed by atoms with Crippen LogP contribution in [-0.2, 0) is 19.6 Å². The summed E-state index contributed by atoms with van der Waals surface area (Å²) in [5.41, 5.74) is 0.693. The fourth-order valence-electron chi connectivity index (χ4n) is 2.56. The molecule has 0 atom stereocenters. The van der Waals surface area contributed by atoms with Crippen LogP contribution in [0.25, 0.3) is 6.08 Å². The SMILES string of the molecule is O=C(/C=C/c1ccccn1)N1CC(S(=O)(=O)N2CCOCC2)C1. The lowest BCUT2D eigenvalue weighted by atomic mass is 10.2. The van der Waals surface area contributed by atoms with Crippen molar-refractivity contribution in [3.05, 3.63) is 36.2 Å². The Morgan fingerprint density at radius 1 is 1.26 bits per heavy atom. The molecule has 0 N–H and O–H groups in total. The zero-order valence-corrected chi connectivity index (χ0v) is 13.5. The number of hydrogen-bond donors (Lipinski definition) is 0. The molecule has 1 amide bonds. The van der Waals surface area contributed by atoms with Crippen molar-refractivity contribution in [1.82, 2.24) is 14.2 Å². The van der Waals surface area contributed by atoms with Crippen molar-refractivity contribution in [3.8, 4) is 0 Å². The third-order valence-electron chi connectivity index (χ3n) is 4.00. The second kappa shape index (κ2) is 6.77. The van der Waals surface area contributed by atoms with Gasteiger partial charge in [-0.2, -0.15) is 4.31 Å². The van der Waals surface area contributed by atoms with Gasteiger partial charge in [0.05, 0.1) is 18.9 Å². The van der Waals surface area contributed by atoms with Crippen LogP contribution in [0.4, 0.5) is 0 Å². The molecule has 2 aliphatic rings. The molecule has 0 radical (unpaired) electrons. The highest BCUT2D eigenvalue weighted by Gasteiger charge is 2.42. The highest BCUT2D eigenvalue weighted by molar-refractivity contribution is 7.89. The number of amides is 1. The zero-order chi connectivity index (χ0) is 16.3. The number of morpholine rings is 1. The van der Waals surface area contributed by atoms with E-state index in [4.69, 9.17) is 4.74 Å². The first-order valence-electron chi connectivity index (χ1n) is 7.52. The van der Waals surface area contributed by atoms with Crippen LogP contribution in [-0.4, -0.2) is 73.2 Å². The van der Waals surface area contributed by atoms with E-state index in [2.05, 4.69) is 4.98 Å². The van der Waals surface area contributed by atoms with Crippen molar-refractivity contribution in [2.75, 3.05) is 39.4 Å². The molecular formula is C15H19N3O4S. The summed E-state index contributed by atoms with van der Waals surface area (Å²) in [5.74, 6) is -0.191. The summed E-state index contributed by atoms with van der Waals surface area (Å²) in [5, 5.41) is -0.507. The fourth-order valence-corrected chi connectivity index (χ4v) is 4.37. The number of aromatic nitrogens is 1. The van der Waals surface area contributed by atoms with Gasteiger partial charge in [-0.1, -0.05) is 6.07 Å². The zero-order valence-electron chi connectivity index (χ0n) is 12.7. The van der Waals surface area contributed by atoms with E-state index >= 15 is 0 Å². The summed E-state index contributed by atoms with van der Waals surface area (Å²) >= 11 is 0. The maximum atomic E-state index is 12.4. The van der Waals surface area contributed by atoms with Gasteiger partial charge in [0.1, 0.15) is 5.25 Å². The molecule has 124 valence electrons. The van der Waals surface area contributed by atoms with E-state index in [1.165, 1.54) is 15.3 Å². The van der Waals surface area contributed by atoms with Gasteiger partial charge < -0.3 is 9.64 Å². The molecule has 2 aliphatic heterocycles. The lowest BCUT2D eigenvalue weighted by molar-refractivity contribution is -0.129. The molecule has 0 unspecified atom stereocenters. The molecule has 0 spiro atoms. The van der Waals surface area contributed by atoms with Crippen molar-refractivity contribution in [2.45, 2.75) is 5.25 Å². The summed E-state index contributed by atoms with van der Waals surface area (Å²) in [4.78, 5) is 17.7. The average Bonchev–Trinajstić information content (AvgIpc) is 2.53. The Morgan fingerprint density at radius 3 is 2.65 bits per heavy atom. The maximum Gasteiger partial charge on any atom is 0.246 e. The Balaban J connectivity index is 1.54. The van der Waals surface area contributed by atoms with E-state index in [1.54, 1.807) is 24.4 Å². The summed E-state index contributed by atoms with van der Waals surface area (Å²) < 4.78 is 31.5. The minimum absolute atomic E-state index is 0.191. The van der Waals surface area contributed by atoms with Crippen LogP contribution in [0.5, 0.6) is 0 Å². The quantitative estimate of drug-likeness (QED) is 0.721. The third kappa shape index (κ3) is 3.60. The van der Waals surface area contributed by atoms with Gasteiger partial charge in [-0.05, 0) is 18.2 Å². The predicted molar refractivity (Wildman–Crippen MR) is 85.0 cm³/mol. The average molecular weight is 337 g/mol. The molecule has 0 saturated carbocycles. The maximum absolute atomic E-state index is 12.4. The number of carbonyl (C=O) groups is 1. The monoisotopic (exact) mass is 337 g/mol. The van der Waals surface area contributed by atoms with Crippen molar-refractivity contribution in [1.29, 1.82) is 0 Å². The van der Waals surface area contributed by atoms with Crippen LogP contribution in [0.1, 0.15) is 5.69 Å². The van der Waals surface area contributed by atoms with Gasteiger partial charge in [0.25, 0.3) is 0 Å². The highest BCUT2D eigenvalue weighted by atomic mass is 32.2. The largest absolute Gasteiger partial charge is 0.379 e. The molecule has 0 aliphatic carbocycles. The molecule has 3 rings (SSSR count). The van der Waals surface area contributed by atoms with E-state index in [-0.39, 0.29) is 19.0 Å². The number of likely N-dealkylation sites (tertiary alicyclic amines) is 1. The van der Waals surface area contributed by atoms with E-state index in [1.807, 2.05) is 6.07 Å². The van der Waals surface area contributed by atoms with Crippen LogP contribution in [0.15, 0.2) is 30.5 Å². The number of rotatable bonds is 4. The first-order chi connectivity index (χ1) is 11.1. The number of carbonyl (C=O) groups excluding carboxylic acids is 1. The van der Waals surface area contributed by atoms with Gasteiger partial charge in [-0.3, -0.25) is 9.78 Å². The van der Waals surface area contributed by atoms with E-state index in [0.29, 0.717) is 32.0 Å². The summed E-state index contributed by atoms with van der Waals surface area (Å²) in [6, 6.07) is 5.44. The first kappa shape index (κ1) is 16.1. The van der Waals surface area contributed by atoms with E-state index in [0.717, 1.165) is 0 Å². The Bertz CT molecular complexity index is 678. The third-order valence-corrected chi connectivity index (χ3v) is 6.22. The molecule has 8 heteroatoms. The predicted octanol–water partition coefficient (Wildman–Crippen LogP) is -0.0324. The normalized spacial score (nSPS) is 20.6. The Kier molecular flexibility index (Phi) is 4.74. The lowest BCUT2D eigenvalue weighted by Crippen LogP contribution is -2.60. The molecule has 1 aromatic heterocycles. The molecule has 0 bridgehead atoms. The molecule has 2 saturated heterocycles. The number of sulfonamides is 1. The van der Waals surface area contributed by atoms with E-state index < -0.39 is 15.3 Å². The van der Waals surface area contributed by atoms with Gasteiger partial charge in [0.2, 0.25) is 15.9 Å². The molecule has 23 heavy (non-hydrogen) atoms. The van der Waals surface area contributed by atoms with Crippen LogP contribution < -0.4 is 0 Å².